The van der Waals surface area contributed by atoms with Gasteiger partial charge in [-0.3, -0.25) is 9.59 Å². The lowest BCUT2D eigenvalue weighted by Gasteiger charge is -2.32. The lowest BCUT2D eigenvalue weighted by atomic mass is 9.99. The van der Waals surface area contributed by atoms with Crippen molar-refractivity contribution in [2.75, 3.05) is 39.3 Å². The molecule has 1 saturated carbocycles. The van der Waals surface area contributed by atoms with Gasteiger partial charge < -0.3 is 24.4 Å². The fraction of sp³-hybridized carbons (Fsp3) is 0.600. The Morgan fingerprint density at radius 1 is 1.19 bits per heavy atom. The average molecular weight is 445 g/mol. The largest absolute Gasteiger partial charge is 0.376 e. The molecule has 1 aromatic carbocycles. The molecule has 3 atom stereocenters. The van der Waals surface area contributed by atoms with Gasteiger partial charge >= 0.3 is 0 Å². The molecule has 1 aliphatic heterocycles. The van der Waals surface area contributed by atoms with Crippen molar-refractivity contribution in [3.8, 4) is 0 Å². The molecule has 3 rings (SSSR count). The molecule has 1 heterocycles. The maximum Gasteiger partial charge on any atom is 0.247 e. The van der Waals surface area contributed by atoms with Crippen molar-refractivity contribution in [1.82, 2.24) is 4.90 Å². The number of fused-ring (bicyclic) bond motifs is 1. The summed E-state index contributed by atoms with van der Waals surface area (Å²) in [7, 11) is 3.25. The molecule has 0 bridgehead atoms. The zero-order chi connectivity index (χ0) is 23.1. The number of methoxy groups -OCH3 is 2. The summed E-state index contributed by atoms with van der Waals surface area (Å²) in [4.78, 5) is 28.4. The van der Waals surface area contributed by atoms with Crippen LogP contribution in [0.4, 0.5) is 5.69 Å². The number of hydrogen-bond donors (Lipinski definition) is 1. The van der Waals surface area contributed by atoms with Crippen LogP contribution in [-0.2, 0) is 23.8 Å². The number of hydrogen-bond acceptors (Lipinski definition) is 5. The van der Waals surface area contributed by atoms with Crippen LogP contribution in [0.5, 0.6) is 0 Å². The zero-order valence-corrected chi connectivity index (χ0v) is 19.6. The van der Waals surface area contributed by atoms with E-state index in [1.54, 1.807) is 19.1 Å². The van der Waals surface area contributed by atoms with Gasteiger partial charge in [0.2, 0.25) is 11.8 Å². The van der Waals surface area contributed by atoms with E-state index in [-0.39, 0.29) is 29.8 Å². The zero-order valence-electron chi connectivity index (χ0n) is 19.6. The second-order valence-electron chi connectivity index (χ2n) is 8.93. The highest BCUT2D eigenvalue weighted by molar-refractivity contribution is 5.98. The van der Waals surface area contributed by atoms with Crippen LogP contribution in [0.15, 0.2) is 36.4 Å². The minimum absolute atomic E-state index is 0.0358. The van der Waals surface area contributed by atoms with Crippen molar-refractivity contribution in [2.24, 2.45) is 11.8 Å². The summed E-state index contributed by atoms with van der Waals surface area (Å²) in [6.07, 6.45) is 5.43. The number of carbonyl (C=O) groups is 2. The molecule has 0 saturated heterocycles. The molecule has 1 aromatic rings. The van der Waals surface area contributed by atoms with E-state index in [1.807, 2.05) is 36.4 Å². The van der Waals surface area contributed by atoms with Gasteiger partial charge in [-0.05, 0) is 31.2 Å². The van der Waals surface area contributed by atoms with Crippen molar-refractivity contribution >= 4 is 17.5 Å². The first-order chi connectivity index (χ1) is 15.5. The summed E-state index contributed by atoms with van der Waals surface area (Å²) >= 11 is 0. The van der Waals surface area contributed by atoms with Crippen molar-refractivity contribution in [3.05, 3.63) is 42.0 Å². The molecule has 176 valence electrons. The number of nitrogens with one attached hydrogen (secondary N) is 1. The van der Waals surface area contributed by atoms with Gasteiger partial charge in [0, 0.05) is 37.9 Å². The van der Waals surface area contributed by atoms with Crippen LogP contribution in [0.1, 0.15) is 44.8 Å². The summed E-state index contributed by atoms with van der Waals surface area (Å²) in [5, 5.41) is 3.09. The number of para-hydroxylation sites is 1. The van der Waals surface area contributed by atoms with Gasteiger partial charge in [-0.15, -0.1) is 0 Å². The molecule has 7 heteroatoms. The Bertz CT molecular complexity index is 805. The van der Waals surface area contributed by atoms with Crippen LogP contribution in [0.25, 0.3) is 0 Å². The van der Waals surface area contributed by atoms with Gasteiger partial charge in [0.15, 0.2) is 0 Å². The Morgan fingerprint density at radius 2 is 1.94 bits per heavy atom. The van der Waals surface area contributed by atoms with Gasteiger partial charge in [-0.1, -0.05) is 44.2 Å². The van der Waals surface area contributed by atoms with Crippen LogP contribution >= 0.6 is 0 Å². The fourth-order valence-electron chi connectivity index (χ4n) is 4.10. The molecule has 0 unspecified atom stereocenters. The van der Waals surface area contributed by atoms with Gasteiger partial charge in [0.1, 0.15) is 18.2 Å². The molecular formula is C25H36N2O5. The number of anilines is 1. The van der Waals surface area contributed by atoms with Crippen molar-refractivity contribution < 1.29 is 23.8 Å². The average Bonchev–Trinajstić information content (AvgIpc) is 3.62. The number of nitrogens with zero attached hydrogens (tertiary/aromatic N) is 1. The molecule has 0 spiro atoms. The summed E-state index contributed by atoms with van der Waals surface area (Å²) < 4.78 is 17.2. The van der Waals surface area contributed by atoms with E-state index < -0.39 is 12.1 Å². The third-order valence-corrected chi connectivity index (χ3v) is 5.97. The van der Waals surface area contributed by atoms with Crippen LogP contribution < -0.4 is 5.32 Å². The number of carbonyl (C=O) groups excluding carboxylic acids is 2. The molecule has 7 nitrogen and oxygen atoms in total. The first kappa shape index (κ1) is 24.4. The first-order valence-electron chi connectivity index (χ1n) is 11.4. The Kier molecular flexibility index (Phi) is 8.84. The Hall–Kier alpha value is -2.22. The second-order valence-corrected chi connectivity index (χ2v) is 8.93. The normalized spacial score (nSPS) is 26.2. The molecule has 2 aliphatic rings. The molecule has 0 aromatic heterocycles. The molecule has 32 heavy (non-hydrogen) atoms. The predicted molar refractivity (Wildman–Crippen MR) is 123 cm³/mol. The third-order valence-electron chi connectivity index (χ3n) is 5.97. The molecule has 1 aliphatic carbocycles. The van der Waals surface area contributed by atoms with E-state index >= 15 is 0 Å². The highest BCUT2D eigenvalue weighted by Crippen LogP contribution is 2.33. The van der Waals surface area contributed by atoms with E-state index in [0.29, 0.717) is 31.9 Å². The van der Waals surface area contributed by atoms with Gasteiger partial charge in [-0.2, -0.15) is 0 Å². The second kappa shape index (κ2) is 11.6. The van der Waals surface area contributed by atoms with Gasteiger partial charge in [-0.25, -0.2) is 0 Å². The highest BCUT2D eigenvalue weighted by Gasteiger charge is 2.38. The van der Waals surface area contributed by atoms with E-state index in [0.717, 1.165) is 18.4 Å². The monoisotopic (exact) mass is 444 g/mol. The van der Waals surface area contributed by atoms with Crippen molar-refractivity contribution in [2.45, 2.75) is 51.4 Å². The summed E-state index contributed by atoms with van der Waals surface area (Å²) in [5.74, 6) is 0.177. The van der Waals surface area contributed by atoms with Gasteiger partial charge in [0.05, 0.1) is 13.2 Å². The molecule has 1 N–H and O–H groups in total. The summed E-state index contributed by atoms with van der Waals surface area (Å²) in [5.41, 5.74) is 1.47. The van der Waals surface area contributed by atoms with Crippen LogP contribution in [-0.4, -0.2) is 62.8 Å². The minimum atomic E-state index is -0.552. The summed E-state index contributed by atoms with van der Waals surface area (Å²) in [6, 6.07) is 7.01. The first-order valence-corrected chi connectivity index (χ1v) is 11.4. The number of ether oxygens (including phenoxy) is 3. The van der Waals surface area contributed by atoms with E-state index in [2.05, 4.69) is 19.2 Å². The number of amides is 2. The SMILES string of the molecule is CO[C@H]1COC/C=C\CN(C(=O)C2CC2)[C@@H](CC(C)C)C(=O)Nc2ccccc2[C@@H]1OC. The van der Waals surface area contributed by atoms with E-state index in [4.69, 9.17) is 14.2 Å². The quantitative estimate of drug-likeness (QED) is 0.703. The smallest absolute Gasteiger partial charge is 0.247 e. The topological polar surface area (TPSA) is 77.1 Å². The fourth-order valence-corrected chi connectivity index (χ4v) is 4.10. The maximum absolute atomic E-state index is 13.6. The standard InChI is InChI=1S/C25H36N2O5/c1-17(2)15-21-24(28)26-20-10-6-5-9-19(20)23(31-4)22(30-3)16-32-14-8-7-13-27(21)25(29)18-11-12-18/h5-10,17-18,21-23H,11-16H2,1-4H3,(H,26,28)/b8-7-/t21-,22-,23-/m0/s1. The molecule has 0 radical (unpaired) electrons. The van der Waals surface area contributed by atoms with Crippen LogP contribution in [0, 0.1) is 11.8 Å². The Balaban J connectivity index is 1.98. The maximum atomic E-state index is 13.6. The van der Waals surface area contributed by atoms with E-state index in [1.165, 1.54) is 0 Å². The Labute approximate surface area is 191 Å². The Morgan fingerprint density at radius 3 is 2.59 bits per heavy atom. The third kappa shape index (κ3) is 6.18. The lowest BCUT2D eigenvalue weighted by Crippen LogP contribution is -2.49. The van der Waals surface area contributed by atoms with Crippen molar-refractivity contribution in [3.63, 3.8) is 0 Å². The van der Waals surface area contributed by atoms with E-state index in [9.17, 15) is 9.59 Å². The minimum Gasteiger partial charge on any atom is -0.376 e. The molecule has 2 amide bonds. The van der Waals surface area contributed by atoms with Crippen LogP contribution in [0.2, 0.25) is 0 Å². The molecular weight excluding hydrogens is 408 g/mol. The lowest BCUT2D eigenvalue weighted by molar-refractivity contribution is -0.139. The predicted octanol–water partition coefficient (Wildman–Crippen LogP) is 3.57. The number of rotatable bonds is 5. The highest BCUT2D eigenvalue weighted by atomic mass is 16.6. The summed E-state index contributed by atoms with van der Waals surface area (Å²) in [6.45, 7) is 5.26. The molecule has 1 fully saturated rings. The van der Waals surface area contributed by atoms with Gasteiger partial charge in [0.25, 0.3) is 0 Å². The van der Waals surface area contributed by atoms with Crippen molar-refractivity contribution in [1.29, 1.82) is 0 Å². The van der Waals surface area contributed by atoms with Crippen LogP contribution in [0.3, 0.4) is 0 Å². The number of benzene rings is 1.